The quantitative estimate of drug-likeness (QED) is 0.906. The minimum atomic E-state index is -0.00959. The monoisotopic (exact) mass is 340 g/mol. The largest absolute Gasteiger partial charge is 0.496 e. The summed E-state index contributed by atoms with van der Waals surface area (Å²) in [5, 5.41) is 3.17. The summed E-state index contributed by atoms with van der Waals surface area (Å²) in [6, 6.07) is 9.47. The number of benzene rings is 1. The molecule has 0 aliphatic carbocycles. The predicted octanol–water partition coefficient (Wildman–Crippen LogP) is 3.11. The minimum absolute atomic E-state index is 0.00959. The van der Waals surface area contributed by atoms with Crippen LogP contribution in [0.5, 0.6) is 5.75 Å². The summed E-state index contributed by atoms with van der Waals surface area (Å²) >= 11 is 0. The molecule has 25 heavy (non-hydrogen) atoms. The molecule has 1 aromatic carbocycles. The Hall–Kier alpha value is -2.63. The number of methoxy groups -OCH3 is 1. The number of nitrogens with one attached hydrogen (secondary N) is 1. The number of carbonyl (C=O) groups is 1. The van der Waals surface area contributed by atoms with Crippen LogP contribution in [0.3, 0.4) is 0 Å². The Labute approximate surface area is 148 Å². The molecule has 6 nitrogen and oxygen atoms in total. The zero-order valence-electron chi connectivity index (χ0n) is 14.6. The molecule has 1 N–H and O–H groups in total. The van der Waals surface area contributed by atoms with Crippen molar-refractivity contribution in [2.45, 2.75) is 32.2 Å². The van der Waals surface area contributed by atoms with E-state index in [1.807, 2.05) is 29.2 Å². The molecule has 132 valence electrons. The Morgan fingerprint density at radius 3 is 2.68 bits per heavy atom. The Morgan fingerprint density at radius 2 is 1.92 bits per heavy atom. The predicted molar refractivity (Wildman–Crippen MR) is 96.7 cm³/mol. The molecule has 0 saturated carbocycles. The van der Waals surface area contributed by atoms with Crippen molar-refractivity contribution in [1.82, 2.24) is 14.9 Å². The number of aromatic nitrogens is 2. The summed E-state index contributed by atoms with van der Waals surface area (Å²) in [5.41, 5.74) is 1.46. The molecule has 0 bridgehead atoms. The summed E-state index contributed by atoms with van der Waals surface area (Å²) in [5.74, 6) is 1.25. The molecule has 3 rings (SSSR count). The van der Waals surface area contributed by atoms with E-state index < -0.39 is 0 Å². The Kier molecular flexibility index (Phi) is 5.82. The van der Waals surface area contributed by atoms with E-state index in [0.717, 1.165) is 37.2 Å². The van der Waals surface area contributed by atoms with Crippen molar-refractivity contribution in [2.24, 2.45) is 0 Å². The van der Waals surface area contributed by atoms with Crippen LogP contribution in [0.25, 0.3) is 0 Å². The van der Waals surface area contributed by atoms with Crippen LogP contribution in [0, 0.1) is 0 Å². The highest BCUT2D eigenvalue weighted by Gasteiger charge is 2.18. The van der Waals surface area contributed by atoms with Gasteiger partial charge < -0.3 is 15.0 Å². The summed E-state index contributed by atoms with van der Waals surface area (Å²) in [6.45, 7) is 2.16. The lowest BCUT2D eigenvalue weighted by Crippen LogP contribution is -2.32. The van der Waals surface area contributed by atoms with Crippen LogP contribution in [0.2, 0.25) is 0 Å². The molecule has 0 spiro atoms. The lowest BCUT2D eigenvalue weighted by molar-refractivity contribution is 0.0755. The van der Waals surface area contributed by atoms with Gasteiger partial charge in [-0.2, -0.15) is 0 Å². The summed E-state index contributed by atoms with van der Waals surface area (Å²) in [6.07, 6.45) is 6.15. The first-order valence-electron chi connectivity index (χ1n) is 8.76. The maximum absolute atomic E-state index is 12.7. The summed E-state index contributed by atoms with van der Waals surface area (Å²) < 4.78 is 5.35. The fourth-order valence-corrected chi connectivity index (χ4v) is 3.02. The molecule has 1 fully saturated rings. The van der Waals surface area contributed by atoms with Gasteiger partial charge in [0.1, 0.15) is 11.4 Å². The molecule has 1 aliphatic rings. The van der Waals surface area contributed by atoms with Gasteiger partial charge in [0.2, 0.25) is 5.95 Å². The van der Waals surface area contributed by atoms with E-state index in [4.69, 9.17) is 4.74 Å². The maximum Gasteiger partial charge on any atom is 0.272 e. The number of hydrogen-bond acceptors (Lipinski definition) is 5. The third-order valence-electron chi connectivity index (χ3n) is 4.40. The van der Waals surface area contributed by atoms with Gasteiger partial charge in [0.15, 0.2) is 0 Å². The number of rotatable bonds is 5. The zero-order valence-corrected chi connectivity index (χ0v) is 14.6. The number of ether oxygens (including phenoxy) is 1. The van der Waals surface area contributed by atoms with Crippen LogP contribution < -0.4 is 10.1 Å². The average molecular weight is 340 g/mol. The second-order valence-electron chi connectivity index (χ2n) is 6.14. The number of hydrogen-bond donors (Lipinski definition) is 1. The Morgan fingerprint density at radius 1 is 1.16 bits per heavy atom. The summed E-state index contributed by atoms with van der Waals surface area (Å²) in [4.78, 5) is 23.2. The number of anilines is 1. The van der Waals surface area contributed by atoms with E-state index in [9.17, 15) is 4.79 Å². The van der Waals surface area contributed by atoms with Gasteiger partial charge in [0.05, 0.1) is 7.11 Å². The molecule has 0 radical (unpaired) electrons. The number of likely N-dealkylation sites (tertiary alicyclic amines) is 1. The van der Waals surface area contributed by atoms with Gasteiger partial charge in [-0.3, -0.25) is 4.79 Å². The van der Waals surface area contributed by atoms with Crippen molar-refractivity contribution in [3.05, 3.63) is 47.8 Å². The van der Waals surface area contributed by atoms with Crippen molar-refractivity contribution in [1.29, 1.82) is 0 Å². The first-order chi connectivity index (χ1) is 12.3. The van der Waals surface area contributed by atoms with E-state index in [2.05, 4.69) is 15.3 Å². The van der Waals surface area contributed by atoms with Crippen LogP contribution in [-0.4, -0.2) is 41.0 Å². The second kappa shape index (κ2) is 8.46. The standard InChI is InChI=1S/C19H24N4O2/c1-25-17-9-5-4-8-15(17)14-21-19-20-11-10-16(22-19)18(24)23-12-6-2-3-7-13-23/h4-5,8-11H,2-3,6-7,12-14H2,1H3,(H,20,21,22). The van der Waals surface area contributed by atoms with Crippen LogP contribution >= 0.6 is 0 Å². The lowest BCUT2D eigenvalue weighted by Gasteiger charge is -2.19. The first kappa shape index (κ1) is 17.2. The molecule has 1 amide bonds. The molecule has 1 aromatic heterocycles. The molecule has 1 saturated heterocycles. The van der Waals surface area contributed by atoms with E-state index in [-0.39, 0.29) is 5.91 Å². The fraction of sp³-hybridized carbons (Fsp3) is 0.421. The molecule has 0 atom stereocenters. The van der Waals surface area contributed by atoms with Crippen molar-refractivity contribution >= 4 is 11.9 Å². The van der Waals surface area contributed by atoms with E-state index in [0.29, 0.717) is 18.2 Å². The third-order valence-corrected chi connectivity index (χ3v) is 4.40. The van der Waals surface area contributed by atoms with Crippen LogP contribution in [0.1, 0.15) is 41.7 Å². The van der Waals surface area contributed by atoms with Crippen LogP contribution in [-0.2, 0) is 6.54 Å². The van der Waals surface area contributed by atoms with Crippen LogP contribution in [0.15, 0.2) is 36.5 Å². The van der Waals surface area contributed by atoms with E-state index in [1.165, 1.54) is 12.8 Å². The SMILES string of the molecule is COc1ccccc1CNc1nccc(C(=O)N2CCCCCC2)n1. The van der Waals surface area contributed by atoms with Gasteiger partial charge in [-0.25, -0.2) is 9.97 Å². The van der Waals surface area contributed by atoms with Gasteiger partial charge in [-0.15, -0.1) is 0 Å². The molecule has 2 heterocycles. The molecule has 0 unspecified atom stereocenters. The van der Waals surface area contributed by atoms with Crippen molar-refractivity contribution in [3.63, 3.8) is 0 Å². The highest BCUT2D eigenvalue weighted by molar-refractivity contribution is 5.92. The highest BCUT2D eigenvalue weighted by atomic mass is 16.5. The lowest BCUT2D eigenvalue weighted by atomic mass is 10.2. The van der Waals surface area contributed by atoms with Gasteiger partial charge in [0.25, 0.3) is 5.91 Å². The third kappa shape index (κ3) is 4.47. The number of carbonyl (C=O) groups excluding carboxylic acids is 1. The topological polar surface area (TPSA) is 67.3 Å². The zero-order chi connectivity index (χ0) is 17.5. The van der Waals surface area contributed by atoms with Crippen molar-refractivity contribution in [3.8, 4) is 5.75 Å². The Bertz CT molecular complexity index is 712. The maximum atomic E-state index is 12.7. The fourth-order valence-electron chi connectivity index (χ4n) is 3.02. The van der Waals surface area contributed by atoms with Crippen molar-refractivity contribution < 1.29 is 9.53 Å². The second-order valence-corrected chi connectivity index (χ2v) is 6.14. The van der Waals surface area contributed by atoms with Crippen LogP contribution in [0.4, 0.5) is 5.95 Å². The van der Waals surface area contributed by atoms with Gasteiger partial charge >= 0.3 is 0 Å². The van der Waals surface area contributed by atoms with Crippen molar-refractivity contribution in [2.75, 3.05) is 25.5 Å². The van der Waals surface area contributed by atoms with E-state index >= 15 is 0 Å². The highest BCUT2D eigenvalue weighted by Crippen LogP contribution is 2.18. The molecule has 1 aliphatic heterocycles. The number of amides is 1. The molecular formula is C19H24N4O2. The number of para-hydroxylation sites is 1. The first-order valence-corrected chi connectivity index (χ1v) is 8.76. The normalized spacial score (nSPS) is 14.7. The van der Waals surface area contributed by atoms with Gasteiger partial charge in [0, 0.05) is 31.4 Å². The molecular weight excluding hydrogens is 316 g/mol. The summed E-state index contributed by atoms with van der Waals surface area (Å²) in [7, 11) is 1.65. The van der Waals surface area contributed by atoms with E-state index in [1.54, 1.807) is 19.4 Å². The van der Waals surface area contributed by atoms with Gasteiger partial charge in [-0.05, 0) is 25.0 Å². The molecule has 6 heteroatoms. The Balaban J connectivity index is 1.67. The minimum Gasteiger partial charge on any atom is -0.496 e. The van der Waals surface area contributed by atoms with Gasteiger partial charge in [-0.1, -0.05) is 31.0 Å². The molecule has 2 aromatic rings. The average Bonchev–Trinajstić information content (AvgIpc) is 2.95. The smallest absolute Gasteiger partial charge is 0.272 e. The number of nitrogens with zero attached hydrogens (tertiary/aromatic N) is 3.